The number of anilines is 1. The van der Waals surface area contributed by atoms with E-state index in [0.717, 1.165) is 60.8 Å². The van der Waals surface area contributed by atoms with Crippen LogP contribution in [0.4, 0.5) is 11.5 Å². The number of rotatable bonds is 8. The zero-order valence-electron chi connectivity index (χ0n) is 18.6. The summed E-state index contributed by atoms with van der Waals surface area (Å²) in [6.45, 7) is 8.88. The standard InChI is InChI=1S/C23H31N5O3/c1-4-5-6-7-22(29)26-12-14-27(15-13-26)23-21(17(2)24-18(3)25-23)16-19-8-10-20(11-9-19)28(30)31/h8-11H,4-7,12-16H2,1-3H3. The molecule has 8 nitrogen and oxygen atoms in total. The molecule has 0 spiro atoms. The molecule has 1 aliphatic rings. The number of carbonyl (C=O) groups excluding carboxylic acids is 1. The molecule has 31 heavy (non-hydrogen) atoms. The summed E-state index contributed by atoms with van der Waals surface area (Å²) in [5.74, 6) is 1.87. The van der Waals surface area contributed by atoms with Crippen LogP contribution in [0.15, 0.2) is 24.3 Å². The quantitative estimate of drug-likeness (QED) is 0.363. The van der Waals surface area contributed by atoms with Gasteiger partial charge in [-0.2, -0.15) is 0 Å². The molecule has 8 heteroatoms. The summed E-state index contributed by atoms with van der Waals surface area (Å²) in [5, 5.41) is 10.9. The number of aromatic nitrogens is 2. The highest BCUT2D eigenvalue weighted by Crippen LogP contribution is 2.26. The number of hydrogen-bond donors (Lipinski definition) is 0. The molecule has 0 aliphatic carbocycles. The van der Waals surface area contributed by atoms with Gasteiger partial charge in [0.25, 0.3) is 5.69 Å². The number of carbonyl (C=O) groups is 1. The zero-order valence-corrected chi connectivity index (χ0v) is 18.6. The number of benzene rings is 1. The van der Waals surface area contributed by atoms with Gasteiger partial charge in [0.05, 0.1) is 4.92 Å². The normalized spacial score (nSPS) is 14.0. The number of nitro groups is 1. The van der Waals surface area contributed by atoms with E-state index in [-0.39, 0.29) is 11.6 Å². The number of amides is 1. The van der Waals surface area contributed by atoms with E-state index < -0.39 is 4.92 Å². The maximum absolute atomic E-state index is 12.4. The second-order valence-electron chi connectivity index (χ2n) is 8.08. The topological polar surface area (TPSA) is 92.5 Å². The first kappa shape index (κ1) is 22.7. The Labute approximate surface area is 183 Å². The summed E-state index contributed by atoms with van der Waals surface area (Å²) >= 11 is 0. The lowest BCUT2D eigenvalue weighted by molar-refractivity contribution is -0.384. The van der Waals surface area contributed by atoms with Crippen LogP contribution in [0.25, 0.3) is 0 Å². The van der Waals surface area contributed by atoms with Crippen LogP contribution in [-0.4, -0.2) is 51.9 Å². The molecule has 1 fully saturated rings. The van der Waals surface area contributed by atoms with Crippen molar-refractivity contribution in [3.05, 3.63) is 57.0 Å². The Morgan fingerprint density at radius 2 is 1.74 bits per heavy atom. The molecular formula is C23H31N5O3. The average Bonchev–Trinajstić information content (AvgIpc) is 2.76. The van der Waals surface area contributed by atoms with Crippen LogP contribution < -0.4 is 4.90 Å². The first-order chi connectivity index (χ1) is 14.9. The predicted molar refractivity (Wildman–Crippen MR) is 120 cm³/mol. The highest BCUT2D eigenvalue weighted by molar-refractivity contribution is 5.76. The van der Waals surface area contributed by atoms with Gasteiger partial charge in [0, 0.05) is 62.4 Å². The Morgan fingerprint density at radius 3 is 2.35 bits per heavy atom. The predicted octanol–water partition coefficient (Wildman–Crippen LogP) is 3.82. The summed E-state index contributed by atoms with van der Waals surface area (Å²) in [5.41, 5.74) is 3.01. The van der Waals surface area contributed by atoms with Crippen molar-refractivity contribution in [3.8, 4) is 0 Å². The van der Waals surface area contributed by atoms with Gasteiger partial charge in [-0.3, -0.25) is 14.9 Å². The van der Waals surface area contributed by atoms with Crippen LogP contribution in [0.5, 0.6) is 0 Å². The van der Waals surface area contributed by atoms with E-state index in [4.69, 9.17) is 4.98 Å². The minimum atomic E-state index is -0.390. The zero-order chi connectivity index (χ0) is 22.4. The molecule has 0 atom stereocenters. The highest BCUT2D eigenvalue weighted by Gasteiger charge is 2.24. The molecule has 0 unspecified atom stereocenters. The monoisotopic (exact) mass is 425 g/mol. The van der Waals surface area contributed by atoms with E-state index in [1.165, 1.54) is 12.1 Å². The van der Waals surface area contributed by atoms with Crippen LogP contribution >= 0.6 is 0 Å². The number of hydrogen-bond acceptors (Lipinski definition) is 6. The maximum Gasteiger partial charge on any atom is 0.269 e. The van der Waals surface area contributed by atoms with Crippen molar-refractivity contribution in [2.45, 2.75) is 52.9 Å². The van der Waals surface area contributed by atoms with E-state index in [0.29, 0.717) is 25.9 Å². The van der Waals surface area contributed by atoms with E-state index >= 15 is 0 Å². The fraction of sp³-hybridized carbons (Fsp3) is 0.522. The largest absolute Gasteiger partial charge is 0.353 e. The maximum atomic E-state index is 12.4. The van der Waals surface area contributed by atoms with Gasteiger partial charge in [0.2, 0.25) is 5.91 Å². The third-order valence-electron chi connectivity index (χ3n) is 5.76. The van der Waals surface area contributed by atoms with E-state index in [1.54, 1.807) is 12.1 Å². The number of piperazine rings is 1. The molecule has 1 aliphatic heterocycles. The second-order valence-corrected chi connectivity index (χ2v) is 8.08. The fourth-order valence-corrected chi connectivity index (χ4v) is 3.98. The van der Waals surface area contributed by atoms with Gasteiger partial charge in [0.1, 0.15) is 11.6 Å². The van der Waals surface area contributed by atoms with Crippen LogP contribution in [0, 0.1) is 24.0 Å². The smallest absolute Gasteiger partial charge is 0.269 e. The first-order valence-electron chi connectivity index (χ1n) is 11.0. The average molecular weight is 426 g/mol. The second kappa shape index (κ2) is 10.3. The number of non-ortho nitro benzene ring substituents is 1. The Balaban J connectivity index is 1.73. The van der Waals surface area contributed by atoms with Crippen LogP contribution in [0.2, 0.25) is 0 Å². The van der Waals surface area contributed by atoms with Crippen molar-refractivity contribution in [2.24, 2.45) is 0 Å². The van der Waals surface area contributed by atoms with Gasteiger partial charge < -0.3 is 9.80 Å². The molecule has 166 valence electrons. The molecule has 1 saturated heterocycles. The number of nitro benzene ring substituents is 1. The third kappa shape index (κ3) is 5.77. The highest BCUT2D eigenvalue weighted by atomic mass is 16.6. The molecular weight excluding hydrogens is 394 g/mol. The molecule has 1 aromatic heterocycles. The van der Waals surface area contributed by atoms with Gasteiger partial charge in [-0.15, -0.1) is 0 Å². The molecule has 0 saturated carbocycles. The Bertz CT molecular complexity index is 922. The van der Waals surface area contributed by atoms with Crippen molar-refractivity contribution in [1.82, 2.24) is 14.9 Å². The summed E-state index contributed by atoms with van der Waals surface area (Å²) in [4.78, 5) is 36.4. The third-order valence-corrected chi connectivity index (χ3v) is 5.76. The minimum Gasteiger partial charge on any atom is -0.353 e. The Hall–Kier alpha value is -3.03. The van der Waals surface area contributed by atoms with Gasteiger partial charge in [0.15, 0.2) is 0 Å². The van der Waals surface area contributed by atoms with Gasteiger partial charge in [-0.05, 0) is 25.8 Å². The SMILES string of the molecule is CCCCCC(=O)N1CCN(c2nc(C)nc(C)c2Cc2ccc([N+](=O)[O-])cc2)CC1. The van der Waals surface area contributed by atoms with Crippen LogP contribution in [-0.2, 0) is 11.2 Å². The van der Waals surface area contributed by atoms with Crippen LogP contribution in [0.3, 0.4) is 0 Å². The Kier molecular flexibility index (Phi) is 7.55. The van der Waals surface area contributed by atoms with Crippen molar-refractivity contribution >= 4 is 17.4 Å². The first-order valence-corrected chi connectivity index (χ1v) is 11.0. The van der Waals surface area contributed by atoms with Gasteiger partial charge in [-0.1, -0.05) is 31.9 Å². The minimum absolute atomic E-state index is 0.0839. The fourth-order valence-electron chi connectivity index (χ4n) is 3.98. The summed E-state index contributed by atoms with van der Waals surface area (Å²) in [6.07, 6.45) is 4.40. The summed E-state index contributed by atoms with van der Waals surface area (Å²) < 4.78 is 0. The van der Waals surface area contributed by atoms with Crippen molar-refractivity contribution in [2.75, 3.05) is 31.1 Å². The molecule has 3 rings (SSSR count). The van der Waals surface area contributed by atoms with Crippen molar-refractivity contribution < 1.29 is 9.72 Å². The summed E-state index contributed by atoms with van der Waals surface area (Å²) in [6, 6.07) is 6.63. The van der Waals surface area contributed by atoms with Gasteiger partial charge in [-0.25, -0.2) is 9.97 Å². The number of unbranched alkanes of at least 4 members (excludes halogenated alkanes) is 2. The van der Waals surface area contributed by atoms with E-state index in [9.17, 15) is 14.9 Å². The van der Waals surface area contributed by atoms with E-state index in [2.05, 4.69) is 16.8 Å². The van der Waals surface area contributed by atoms with Crippen LogP contribution in [0.1, 0.15) is 55.3 Å². The molecule has 1 aromatic carbocycles. The van der Waals surface area contributed by atoms with Gasteiger partial charge >= 0.3 is 0 Å². The lowest BCUT2D eigenvalue weighted by Gasteiger charge is -2.36. The van der Waals surface area contributed by atoms with E-state index in [1.807, 2.05) is 18.7 Å². The molecule has 2 aromatic rings. The molecule has 0 N–H and O–H groups in total. The number of nitrogens with zero attached hydrogens (tertiary/aromatic N) is 5. The Morgan fingerprint density at radius 1 is 1.06 bits per heavy atom. The lowest BCUT2D eigenvalue weighted by atomic mass is 10.0. The van der Waals surface area contributed by atoms with Crippen molar-refractivity contribution in [1.29, 1.82) is 0 Å². The lowest BCUT2D eigenvalue weighted by Crippen LogP contribution is -2.49. The van der Waals surface area contributed by atoms with Crippen molar-refractivity contribution in [3.63, 3.8) is 0 Å². The molecule has 0 radical (unpaired) electrons. The molecule has 2 heterocycles. The molecule has 1 amide bonds. The number of aryl methyl sites for hydroxylation is 2. The summed E-state index contributed by atoms with van der Waals surface area (Å²) in [7, 11) is 0. The molecule has 0 bridgehead atoms.